The van der Waals surface area contributed by atoms with E-state index in [4.69, 9.17) is 5.11 Å². The quantitative estimate of drug-likeness (QED) is 0.853. The number of alkyl halides is 3. The van der Waals surface area contributed by atoms with Crippen molar-refractivity contribution in [3.63, 3.8) is 0 Å². The molecule has 0 fully saturated rings. The lowest BCUT2D eigenvalue weighted by molar-refractivity contribution is 0.149. The first-order valence-corrected chi connectivity index (χ1v) is 5.16. The van der Waals surface area contributed by atoms with Crippen LogP contribution in [0, 0.1) is 6.92 Å². The van der Waals surface area contributed by atoms with Gasteiger partial charge in [-0.2, -0.15) is 0 Å². The second-order valence-corrected chi connectivity index (χ2v) is 3.44. The van der Waals surface area contributed by atoms with Crippen LogP contribution < -0.4 is 0 Å². The fraction of sp³-hybridized carbons (Fsp3) is 0.444. The molecule has 78 valence electrons. The molecule has 14 heavy (non-hydrogen) atoms. The highest BCUT2D eigenvalue weighted by atomic mass is 79.9. The third kappa shape index (κ3) is 2.27. The second kappa shape index (κ2) is 4.79. The van der Waals surface area contributed by atoms with Crippen molar-refractivity contribution in [1.29, 1.82) is 0 Å². The van der Waals surface area contributed by atoms with Gasteiger partial charge in [-0.3, -0.25) is 4.98 Å². The van der Waals surface area contributed by atoms with E-state index in [2.05, 4.69) is 20.9 Å². The summed E-state index contributed by atoms with van der Waals surface area (Å²) in [6.45, 7) is 1.43. The van der Waals surface area contributed by atoms with E-state index in [1.807, 2.05) is 0 Å². The van der Waals surface area contributed by atoms with Crippen molar-refractivity contribution in [3.8, 4) is 0 Å². The lowest BCUT2D eigenvalue weighted by Crippen LogP contribution is -2.03. The molecule has 5 heteroatoms. The van der Waals surface area contributed by atoms with Crippen LogP contribution in [-0.4, -0.2) is 10.1 Å². The molecule has 0 bridgehead atoms. The fourth-order valence-corrected chi connectivity index (χ4v) is 1.62. The number of halogens is 3. The monoisotopic (exact) mass is 265 g/mol. The summed E-state index contributed by atoms with van der Waals surface area (Å²) in [7, 11) is 0. The van der Waals surface area contributed by atoms with Gasteiger partial charge < -0.3 is 5.11 Å². The van der Waals surface area contributed by atoms with Crippen molar-refractivity contribution in [1.82, 2.24) is 4.98 Å². The molecule has 0 saturated heterocycles. The Bertz CT molecular complexity index is 331. The highest BCUT2D eigenvalue weighted by molar-refractivity contribution is 9.08. The summed E-state index contributed by atoms with van der Waals surface area (Å²) in [5.74, 6) is 0. The van der Waals surface area contributed by atoms with Crippen LogP contribution in [0.5, 0.6) is 0 Å². The van der Waals surface area contributed by atoms with Crippen LogP contribution in [0.4, 0.5) is 8.78 Å². The number of nitrogens with zero attached hydrogens (tertiary/aromatic N) is 1. The Morgan fingerprint density at radius 2 is 2.14 bits per heavy atom. The van der Waals surface area contributed by atoms with Crippen LogP contribution in [0.15, 0.2) is 6.07 Å². The molecule has 0 aliphatic carbocycles. The van der Waals surface area contributed by atoms with Crippen LogP contribution in [-0.2, 0) is 11.9 Å². The number of pyridine rings is 1. The first-order valence-electron chi connectivity index (χ1n) is 4.04. The van der Waals surface area contributed by atoms with E-state index >= 15 is 0 Å². The fourth-order valence-electron chi connectivity index (χ4n) is 1.17. The number of aliphatic hydroxyl groups is 1. The third-order valence-corrected chi connectivity index (χ3v) is 2.47. The number of hydrogen-bond acceptors (Lipinski definition) is 2. The molecule has 1 aromatic heterocycles. The Hall–Kier alpha value is -0.550. The van der Waals surface area contributed by atoms with Crippen molar-refractivity contribution in [2.75, 3.05) is 0 Å². The summed E-state index contributed by atoms with van der Waals surface area (Å²) in [6.07, 6.45) is -2.53. The van der Waals surface area contributed by atoms with Crippen LogP contribution in [0.3, 0.4) is 0 Å². The Morgan fingerprint density at radius 3 is 2.57 bits per heavy atom. The van der Waals surface area contributed by atoms with Crippen LogP contribution in [0.1, 0.15) is 28.9 Å². The van der Waals surface area contributed by atoms with Crippen molar-refractivity contribution >= 4 is 15.9 Å². The van der Waals surface area contributed by atoms with E-state index in [1.54, 1.807) is 6.92 Å². The van der Waals surface area contributed by atoms with Crippen LogP contribution in [0.2, 0.25) is 0 Å². The molecule has 1 N–H and O–H groups in total. The van der Waals surface area contributed by atoms with E-state index in [1.165, 1.54) is 6.07 Å². The minimum Gasteiger partial charge on any atom is -0.390 e. The minimum absolute atomic E-state index is 0.0726. The molecule has 1 rings (SSSR count). The van der Waals surface area contributed by atoms with Gasteiger partial charge in [0.2, 0.25) is 0 Å². The van der Waals surface area contributed by atoms with Gasteiger partial charge >= 0.3 is 0 Å². The number of hydrogen-bond donors (Lipinski definition) is 1. The average molecular weight is 266 g/mol. The van der Waals surface area contributed by atoms with E-state index < -0.39 is 6.43 Å². The average Bonchev–Trinajstić information content (AvgIpc) is 2.17. The standard InChI is InChI=1S/C9H10BrF2NO/c1-5-2-6(9(11)12)7(3-10)13-8(5)4-14/h2,9,14H,3-4H2,1H3. The normalized spacial score (nSPS) is 11.0. The SMILES string of the molecule is Cc1cc(C(F)F)c(CBr)nc1CO. The van der Waals surface area contributed by atoms with E-state index in [0.717, 1.165) is 0 Å². The van der Waals surface area contributed by atoms with Crippen molar-refractivity contribution in [2.24, 2.45) is 0 Å². The van der Waals surface area contributed by atoms with E-state index in [0.29, 0.717) is 11.3 Å². The molecule has 0 atom stereocenters. The van der Waals surface area contributed by atoms with Gasteiger partial charge in [-0.25, -0.2) is 8.78 Å². The van der Waals surface area contributed by atoms with Gasteiger partial charge in [-0.1, -0.05) is 15.9 Å². The van der Waals surface area contributed by atoms with Gasteiger partial charge in [0.1, 0.15) is 0 Å². The molecule has 0 spiro atoms. The molecule has 0 amide bonds. The molecule has 0 unspecified atom stereocenters. The maximum Gasteiger partial charge on any atom is 0.265 e. The number of rotatable bonds is 3. The first-order chi connectivity index (χ1) is 6.60. The second-order valence-electron chi connectivity index (χ2n) is 2.88. The summed E-state index contributed by atoms with van der Waals surface area (Å²) in [5.41, 5.74) is 1.25. The molecule has 2 nitrogen and oxygen atoms in total. The molecule has 1 aromatic rings. The molecular formula is C9H10BrF2NO. The molecule has 0 aromatic carbocycles. The Kier molecular flexibility index (Phi) is 3.95. The number of aromatic nitrogens is 1. The summed E-state index contributed by atoms with van der Waals surface area (Å²) < 4.78 is 25.0. The highest BCUT2D eigenvalue weighted by Gasteiger charge is 2.15. The van der Waals surface area contributed by atoms with Gasteiger partial charge in [-0.15, -0.1) is 0 Å². The maximum atomic E-state index is 12.5. The van der Waals surface area contributed by atoms with Crippen molar-refractivity contribution in [2.45, 2.75) is 25.3 Å². The van der Waals surface area contributed by atoms with Gasteiger partial charge in [0.05, 0.1) is 18.0 Å². The lowest BCUT2D eigenvalue weighted by Gasteiger charge is -2.09. The van der Waals surface area contributed by atoms with E-state index in [9.17, 15) is 8.78 Å². The van der Waals surface area contributed by atoms with Gasteiger partial charge in [0.15, 0.2) is 0 Å². The molecular weight excluding hydrogens is 256 g/mol. The summed E-state index contributed by atoms with van der Waals surface area (Å²) >= 11 is 3.09. The topological polar surface area (TPSA) is 33.1 Å². The largest absolute Gasteiger partial charge is 0.390 e. The van der Waals surface area contributed by atoms with Gasteiger partial charge in [0, 0.05) is 10.9 Å². The maximum absolute atomic E-state index is 12.5. The predicted octanol–water partition coefficient (Wildman–Crippen LogP) is 2.71. The first kappa shape index (κ1) is 11.5. The van der Waals surface area contributed by atoms with Crippen LogP contribution in [0.25, 0.3) is 0 Å². The van der Waals surface area contributed by atoms with E-state index in [-0.39, 0.29) is 23.2 Å². The summed E-state index contributed by atoms with van der Waals surface area (Å²) in [4.78, 5) is 3.95. The highest BCUT2D eigenvalue weighted by Crippen LogP contribution is 2.25. The molecule has 1 heterocycles. The van der Waals surface area contributed by atoms with Crippen molar-refractivity contribution in [3.05, 3.63) is 28.6 Å². The molecule has 0 aliphatic heterocycles. The number of aryl methyl sites for hydroxylation is 1. The summed E-state index contributed by atoms with van der Waals surface area (Å²) in [5, 5.41) is 9.17. The Balaban J connectivity index is 3.24. The lowest BCUT2D eigenvalue weighted by atomic mass is 10.1. The smallest absolute Gasteiger partial charge is 0.265 e. The molecule has 0 saturated carbocycles. The number of aliphatic hydroxyl groups excluding tert-OH is 1. The predicted molar refractivity (Wildman–Crippen MR) is 52.5 cm³/mol. The Labute approximate surface area is 89.1 Å². The molecule has 0 aliphatic rings. The zero-order chi connectivity index (χ0) is 10.7. The van der Waals surface area contributed by atoms with Crippen molar-refractivity contribution < 1.29 is 13.9 Å². The summed E-state index contributed by atoms with van der Waals surface area (Å²) in [6, 6.07) is 1.37. The Morgan fingerprint density at radius 1 is 1.50 bits per heavy atom. The molecule has 0 radical (unpaired) electrons. The zero-order valence-corrected chi connectivity index (χ0v) is 9.18. The minimum atomic E-state index is -2.53. The van der Waals surface area contributed by atoms with Gasteiger partial charge in [0.25, 0.3) is 6.43 Å². The van der Waals surface area contributed by atoms with Gasteiger partial charge in [-0.05, 0) is 18.6 Å². The van der Waals surface area contributed by atoms with Crippen LogP contribution >= 0.6 is 15.9 Å². The zero-order valence-electron chi connectivity index (χ0n) is 7.60. The third-order valence-electron chi connectivity index (χ3n) is 1.94.